The highest BCUT2D eigenvalue weighted by Gasteiger charge is 2.40. The summed E-state index contributed by atoms with van der Waals surface area (Å²) in [7, 11) is 0. The van der Waals surface area contributed by atoms with Gasteiger partial charge in [0.05, 0.1) is 0 Å². The minimum Gasteiger partial charge on any atom is -0.479 e. The topological polar surface area (TPSA) is 66.4 Å². The van der Waals surface area contributed by atoms with Gasteiger partial charge in [0.25, 0.3) is 0 Å². The number of carbonyl (C=O) groups excluding carboxylic acids is 1. The zero-order valence-electron chi connectivity index (χ0n) is 12.4. The summed E-state index contributed by atoms with van der Waals surface area (Å²) in [5.41, 5.74) is -0.902. The predicted octanol–water partition coefficient (Wildman–Crippen LogP) is 3.15. The molecule has 0 fully saturated rings. The second-order valence-corrected chi connectivity index (χ2v) is 6.26. The number of carbonyl (C=O) groups is 2. The Kier molecular flexibility index (Phi) is 6.55. The van der Waals surface area contributed by atoms with E-state index in [9.17, 15) is 14.7 Å². The molecule has 0 aliphatic rings. The summed E-state index contributed by atoms with van der Waals surface area (Å²) in [5, 5.41) is 12.9. The molecule has 2 N–H and O–H groups in total. The monoisotopic (exact) mass is 329 g/mol. The molecule has 2 atom stereocenters. The van der Waals surface area contributed by atoms with Gasteiger partial charge in [-0.05, 0) is 30.4 Å². The largest absolute Gasteiger partial charge is 0.479 e. The van der Waals surface area contributed by atoms with Crippen molar-refractivity contribution in [2.75, 3.05) is 12.0 Å². The Labute approximate surface area is 134 Å². The Bertz CT molecular complexity index is 506. The summed E-state index contributed by atoms with van der Waals surface area (Å²) < 4.78 is 0. The Morgan fingerprint density at radius 2 is 1.95 bits per heavy atom. The summed E-state index contributed by atoms with van der Waals surface area (Å²) in [5.74, 6) is -0.940. The highest BCUT2D eigenvalue weighted by molar-refractivity contribution is 7.98. The van der Waals surface area contributed by atoms with Gasteiger partial charge in [0.1, 0.15) is 0 Å². The molecule has 0 aromatic heterocycles. The molecule has 0 aliphatic carbocycles. The second-order valence-electron chi connectivity index (χ2n) is 4.92. The van der Waals surface area contributed by atoms with Gasteiger partial charge in [-0.25, -0.2) is 4.79 Å². The molecule has 0 saturated heterocycles. The maximum absolute atomic E-state index is 12.2. The van der Waals surface area contributed by atoms with E-state index in [0.29, 0.717) is 16.3 Å². The molecular weight excluding hydrogens is 310 g/mol. The highest BCUT2D eigenvalue weighted by Crippen LogP contribution is 2.27. The van der Waals surface area contributed by atoms with Crippen LogP contribution in [-0.2, 0) is 15.1 Å². The first-order valence-electron chi connectivity index (χ1n) is 6.67. The van der Waals surface area contributed by atoms with Crippen molar-refractivity contribution in [1.29, 1.82) is 0 Å². The van der Waals surface area contributed by atoms with Gasteiger partial charge in [-0.3, -0.25) is 4.79 Å². The number of carboxylic acids is 1. The molecule has 0 radical (unpaired) electrons. The van der Waals surface area contributed by atoms with E-state index in [1.54, 1.807) is 49.9 Å². The van der Waals surface area contributed by atoms with Crippen molar-refractivity contribution in [3.8, 4) is 0 Å². The van der Waals surface area contributed by atoms with Crippen molar-refractivity contribution >= 4 is 35.2 Å². The third kappa shape index (κ3) is 4.14. The Morgan fingerprint density at radius 3 is 2.38 bits per heavy atom. The standard InChI is InChI=1S/C15H20ClNO3S/c1-4-15(14(19)20,11-5-7-12(16)8-6-11)17-13(18)10(2)9-21-3/h5-8,10H,4,9H2,1-3H3,(H,17,18)(H,19,20). The lowest BCUT2D eigenvalue weighted by Crippen LogP contribution is -2.53. The van der Waals surface area contributed by atoms with Crippen LogP contribution in [0.1, 0.15) is 25.8 Å². The fraction of sp³-hybridized carbons (Fsp3) is 0.467. The van der Waals surface area contributed by atoms with Crippen LogP contribution in [0.3, 0.4) is 0 Å². The minimum atomic E-state index is -1.42. The van der Waals surface area contributed by atoms with E-state index in [4.69, 9.17) is 11.6 Å². The fourth-order valence-electron chi connectivity index (χ4n) is 2.09. The van der Waals surface area contributed by atoms with E-state index in [-0.39, 0.29) is 18.2 Å². The van der Waals surface area contributed by atoms with Crippen molar-refractivity contribution in [1.82, 2.24) is 5.32 Å². The van der Waals surface area contributed by atoms with Crippen LogP contribution in [0.2, 0.25) is 5.02 Å². The van der Waals surface area contributed by atoms with Crippen molar-refractivity contribution in [2.24, 2.45) is 5.92 Å². The van der Waals surface area contributed by atoms with Gasteiger partial charge in [-0.15, -0.1) is 0 Å². The molecule has 1 amide bonds. The van der Waals surface area contributed by atoms with Crippen LogP contribution >= 0.6 is 23.4 Å². The van der Waals surface area contributed by atoms with Crippen LogP contribution in [-0.4, -0.2) is 29.0 Å². The van der Waals surface area contributed by atoms with Crippen LogP contribution < -0.4 is 5.32 Å². The predicted molar refractivity (Wildman–Crippen MR) is 86.7 cm³/mol. The summed E-state index contributed by atoms with van der Waals surface area (Å²) in [6.45, 7) is 3.53. The molecule has 0 bridgehead atoms. The maximum atomic E-state index is 12.2. The molecule has 1 aromatic rings. The smallest absolute Gasteiger partial charge is 0.334 e. The lowest BCUT2D eigenvalue weighted by Gasteiger charge is -2.31. The lowest BCUT2D eigenvalue weighted by atomic mass is 9.86. The average Bonchev–Trinajstić information content (AvgIpc) is 2.45. The molecule has 21 heavy (non-hydrogen) atoms. The Balaban J connectivity index is 3.13. The molecular formula is C15H20ClNO3S. The van der Waals surface area contributed by atoms with E-state index >= 15 is 0 Å². The Morgan fingerprint density at radius 1 is 1.38 bits per heavy atom. The number of hydrogen-bond donors (Lipinski definition) is 2. The van der Waals surface area contributed by atoms with Crippen LogP contribution in [0.4, 0.5) is 0 Å². The summed E-state index contributed by atoms with van der Waals surface area (Å²) in [6, 6.07) is 6.53. The molecule has 4 nitrogen and oxygen atoms in total. The van der Waals surface area contributed by atoms with Crippen LogP contribution in [0.15, 0.2) is 24.3 Å². The van der Waals surface area contributed by atoms with Crippen molar-refractivity contribution < 1.29 is 14.7 Å². The number of aliphatic carboxylic acids is 1. The Hall–Kier alpha value is -1.20. The van der Waals surface area contributed by atoms with Crippen LogP contribution in [0.5, 0.6) is 0 Å². The van der Waals surface area contributed by atoms with Gasteiger partial charge in [0, 0.05) is 16.7 Å². The molecule has 1 rings (SSSR count). The second kappa shape index (κ2) is 7.71. The number of halogens is 1. The van der Waals surface area contributed by atoms with Gasteiger partial charge in [-0.2, -0.15) is 11.8 Å². The van der Waals surface area contributed by atoms with Gasteiger partial charge < -0.3 is 10.4 Å². The lowest BCUT2D eigenvalue weighted by molar-refractivity contribution is -0.149. The first kappa shape index (κ1) is 17.9. The molecule has 116 valence electrons. The van der Waals surface area contributed by atoms with Gasteiger partial charge in [0.2, 0.25) is 5.91 Å². The van der Waals surface area contributed by atoms with E-state index in [0.717, 1.165) is 0 Å². The number of rotatable bonds is 7. The normalized spacial score (nSPS) is 15.0. The molecule has 2 unspecified atom stereocenters. The van der Waals surface area contributed by atoms with Crippen molar-refractivity contribution in [3.05, 3.63) is 34.9 Å². The fourth-order valence-corrected chi connectivity index (χ4v) is 2.86. The molecule has 1 aromatic carbocycles. The highest BCUT2D eigenvalue weighted by atomic mass is 35.5. The SMILES string of the molecule is CCC(NC(=O)C(C)CSC)(C(=O)O)c1ccc(Cl)cc1. The van der Waals surface area contributed by atoms with Gasteiger partial charge in [0.15, 0.2) is 5.54 Å². The van der Waals surface area contributed by atoms with Crippen molar-refractivity contribution in [2.45, 2.75) is 25.8 Å². The zero-order chi connectivity index (χ0) is 16.0. The molecule has 0 aliphatic heterocycles. The van der Waals surface area contributed by atoms with Gasteiger partial charge in [-0.1, -0.05) is 37.6 Å². The number of nitrogens with one attached hydrogen (secondary N) is 1. The first-order chi connectivity index (χ1) is 9.87. The van der Waals surface area contributed by atoms with E-state index in [1.165, 1.54) is 0 Å². The summed E-state index contributed by atoms with van der Waals surface area (Å²) in [4.78, 5) is 24.0. The zero-order valence-corrected chi connectivity index (χ0v) is 13.9. The third-order valence-electron chi connectivity index (χ3n) is 3.43. The number of thioether (sulfide) groups is 1. The minimum absolute atomic E-state index is 0.252. The van der Waals surface area contributed by atoms with Crippen LogP contribution in [0, 0.1) is 5.92 Å². The molecule has 6 heteroatoms. The molecule has 0 spiro atoms. The third-order valence-corrected chi connectivity index (χ3v) is 4.52. The number of benzene rings is 1. The van der Waals surface area contributed by atoms with Crippen molar-refractivity contribution in [3.63, 3.8) is 0 Å². The summed E-state index contributed by atoms with van der Waals surface area (Å²) in [6.07, 6.45) is 2.16. The molecule has 0 heterocycles. The quantitative estimate of drug-likeness (QED) is 0.806. The number of carboxylic acid groups (broad SMARTS) is 1. The van der Waals surface area contributed by atoms with Gasteiger partial charge >= 0.3 is 5.97 Å². The number of amides is 1. The maximum Gasteiger partial charge on any atom is 0.334 e. The van der Waals surface area contributed by atoms with E-state index < -0.39 is 11.5 Å². The first-order valence-corrected chi connectivity index (χ1v) is 8.45. The van der Waals surface area contributed by atoms with E-state index in [1.807, 2.05) is 6.26 Å². The average molecular weight is 330 g/mol. The molecule has 0 saturated carbocycles. The van der Waals surface area contributed by atoms with E-state index in [2.05, 4.69) is 5.32 Å². The van der Waals surface area contributed by atoms with Crippen LogP contribution in [0.25, 0.3) is 0 Å². The number of hydrogen-bond acceptors (Lipinski definition) is 3. The summed E-state index contributed by atoms with van der Waals surface area (Å²) >= 11 is 7.40.